The largest absolute Gasteiger partial charge is 0.497 e. The molecule has 8 nitrogen and oxygen atoms in total. The lowest BCUT2D eigenvalue weighted by Gasteiger charge is -2.21. The van der Waals surface area contributed by atoms with E-state index in [1.165, 1.54) is 7.11 Å². The number of rotatable bonds is 10. The standard InChI is InChI=1S/C24H27N3O5S/c1-16-25-22(15-33-16)18-6-5-7-19(10-18)26-23(28)13-27(14-24(29)32-4)12-17-8-20(30-2)11-21(9-17)31-3/h5-11,15H,12-14H2,1-4H3,(H,26,28). The maximum atomic E-state index is 12.8. The highest BCUT2D eigenvalue weighted by atomic mass is 32.1. The fourth-order valence-corrected chi connectivity index (χ4v) is 3.91. The molecule has 0 unspecified atom stereocenters. The van der Waals surface area contributed by atoms with Crippen molar-refractivity contribution < 1.29 is 23.8 Å². The van der Waals surface area contributed by atoms with Crippen LogP contribution >= 0.6 is 11.3 Å². The first-order valence-electron chi connectivity index (χ1n) is 10.2. The molecular weight excluding hydrogens is 442 g/mol. The van der Waals surface area contributed by atoms with Crippen molar-refractivity contribution >= 4 is 28.9 Å². The molecule has 174 valence electrons. The van der Waals surface area contributed by atoms with Gasteiger partial charge in [0.25, 0.3) is 0 Å². The van der Waals surface area contributed by atoms with Gasteiger partial charge >= 0.3 is 5.97 Å². The first kappa shape index (κ1) is 24.2. The highest BCUT2D eigenvalue weighted by Crippen LogP contribution is 2.25. The fourth-order valence-electron chi connectivity index (χ4n) is 3.29. The highest BCUT2D eigenvalue weighted by Gasteiger charge is 2.17. The van der Waals surface area contributed by atoms with Gasteiger partial charge in [0.2, 0.25) is 5.91 Å². The summed E-state index contributed by atoms with van der Waals surface area (Å²) >= 11 is 1.57. The Hall–Kier alpha value is -3.43. The van der Waals surface area contributed by atoms with Crippen LogP contribution in [0, 0.1) is 6.92 Å². The number of aryl methyl sites for hydroxylation is 1. The summed E-state index contributed by atoms with van der Waals surface area (Å²) in [7, 11) is 4.46. The lowest BCUT2D eigenvalue weighted by Crippen LogP contribution is -2.37. The Kier molecular flexibility index (Phi) is 8.39. The van der Waals surface area contributed by atoms with Crippen molar-refractivity contribution in [3.63, 3.8) is 0 Å². The molecule has 0 aliphatic carbocycles. The van der Waals surface area contributed by atoms with Gasteiger partial charge in [0.05, 0.1) is 45.1 Å². The van der Waals surface area contributed by atoms with Crippen LogP contribution in [0.3, 0.4) is 0 Å². The summed E-state index contributed by atoms with van der Waals surface area (Å²) in [5.74, 6) is 0.570. The third-order valence-corrected chi connectivity index (χ3v) is 5.60. The topological polar surface area (TPSA) is 90.0 Å². The number of amides is 1. The number of thiazole rings is 1. The van der Waals surface area contributed by atoms with Crippen molar-refractivity contribution in [2.45, 2.75) is 13.5 Å². The van der Waals surface area contributed by atoms with E-state index in [9.17, 15) is 9.59 Å². The highest BCUT2D eigenvalue weighted by molar-refractivity contribution is 7.09. The maximum Gasteiger partial charge on any atom is 0.319 e. The van der Waals surface area contributed by atoms with E-state index in [0.717, 1.165) is 21.8 Å². The molecule has 9 heteroatoms. The molecule has 3 aromatic rings. The monoisotopic (exact) mass is 469 g/mol. The molecule has 0 fully saturated rings. The summed E-state index contributed by atoms with van der Waals surface area (Å²) < 4.78 is 15.4. The quantitative estimate of drug-likeness (QED) is 0.452. The Morgan fingerprint density at radius 3 is 2.36 bits per heavy atom. The second-order valence-electron chi connectivity index (χ2n) is 7.32. The average molecular weight is 470 g/mol. The Morgan fingerprint density at radius 1 is 1.03 bits per heavy atom. The lowest BCUT2D eigenvalue weighted by atomic mass is 10.1. The first-order valence-corrected chi connectivity index (χ1v) is 11.1. The maximum absolute atomic E-state index is 12.8. The Morgan fingerprint density at radius 2 is 1.76 bits per heavy atom. The zero-order valence-electron chi connectivity index (χ0n) is 19.1. The second-order valence-corrected chi connectivity index (χ2v) is 8.39. The van der Waals surface area contributed by atoms with Gasteiger partial charge in [0, 0.05) is 29.2 Å². The number of benzene rings is 2. The molecule has 1 heterocycles. The zero-order chi connectivity index (χ0) is 23.8. The van der Waals surface area contributed by atoms with Crippen molar-refractivity contribution in [1.29, 1.82) is 0 Å². The molecule has 0 bridgehead atoms. The van der Waals surface area contributed by atoms with E-state index in [1.54, 1.807) is 36.5 Å². The molecule has 0 aliphatic heterocycles. The van der Waals surface area contributed by atoms with Crippen LogP contribution < -0.4 is 14.8 Å². The van der Waals surface area contributed by atoms with Gasteiger partial charge in [-0.1, -0.05) is 12.1 Å². The Bertz CT molecular complexity index is 1090. The second kappa shape index (κ2) is 11.4. The molecule has 0 saturated carbocycles. The van der Waals surface area contributed by atoms with Gasteiger partial charge < -0.3 is 19.5 Å². The minimum Gasteiger partial charge on any atom is -0.497 e. The van der Waals surface area contributed by atoms with Crippen LogP contribution in [0.25, 0.3) is 11.3 Å². The average Bonchev–Trinajstić information content (AvgIpc) is 3.25. The van der Waals surface area contributed by atoms with Crippen molar-refractivity contribution in [2.75, 3.05) is 39.7 Å². The van der Waals surface area contributed by atoms with Gasteiger partial charge in [0.15, 0.2) is 0 Å². The predicted octanol–water partition coefficient (Wildman–Crippen LogP) is 3.75. The van der Waals surface area contributed by atoms with Gasteiger partial charge in [-0.2, -0.15) is 0 Å². The lowest BCUT2D eigenvalue weighted by molar-refractivity contribution is -0.142. The molecule has 1 N–H and O–H groups in total. The summed E-state index contributed by atoms with van der Waals surface area (Å²) in [6, 6.07) is 13.0. The summed E-state index contributed by atoms with van der Waals surface area (Å²) in [5.41, 5.74) is 3.29. The molecule has 0 saturated heterocycles. The number of nitrogens with zero attached hydrogens (tertiary/aromatic N) is 2. The Balaban J connectivity index is 1.72. The van der Waals surface area contributed by atoms with Crippen LogP contribution in [0.15, 0.2) is 47.8 Å². The number of ether oxygens (including phenoxy) is 3. The number of methoxy groups -OCH3 is 3. The van der Waals surface area contributed by atoms with Gasteiger partial charge in [-0.3, -0.25) is 14.5 Å². The number of nitrogens with one attached hydrogen (secondary N) is 1. The van der Waals surface area contributed by atoms with Crippen LogP contribution in [0.4, 0.5) is 5.69 Å². The minimum absolute atomic E-state index is 0.00530. The number of anilines is 1. The van der Waals surface area contributed by atoms with E-state index < -0.39 is 5.97 Å². The molecular formula is C24H27N3O5S. The Labute approximate surface area is 197 Å². The van der Waals surface area contributed by atoms with E-state index in [1.807, 2.05) is 48.7 Å². The molecule has 1 amide bonds. The van der Waals surface area contributed by atoms with E-state index in [4.69, 9.17) is 14.2 Å². The van der Waals surface area contributed by atoms with Crippen LogP contribution in [-0.4, -0.2) is 56.2 Å². The van der Waals surface area contributed by atoms with E-state index in [-0.39, 0.29) is 19.0 Å². The van der Waals surface area contributed by atoms with Crippen LogP contribution in [0.2, 0.25) is 0 Å². The van der Waals surface area contributed by atoms with Gasteiger partial charge in [-0.05, 0) is 36.8 Å². The van der Waals surface area contributed by atoms with Crippen LogP contribution in [-0.2, 0) is 20.9 Å². The number of carbonyl (C=O) groups excluding carboxylic acids is 2. The van der Waals surface area contributed by atoms with Crippen LogP contribution in [0.5, 0.6) is 11.5 Å². The smallest absolute Gasteiger partial charge is 0.319 e. The third-order valence-electron chi connectivity index (χ3n) is 4.83. The molecule has 2 aromatic carbocycles. The van der Waals surface area contributed by atoms with E-state index >= 15 is 0 Å². The molecule has 3 rings (SSSR count). The number of aromatic nitrogens is 1. The van der Waals surface area contributed by atoms with E-state index in [0.29, 0.717) is 23.7 Å². The summed E-state index contributed by atoms with van der Waals surface area (Å²) in [4.78, 5) is 31.0. The van der Waals surface area contributed by atoms with Gasteiger partial charge in [0.1, 0.15) is 11.5 Å². The van der Waals surface area contributed by atoms with Crippen LogP contribution in [0.1, 0.15) is 10.6 Å². The summed E-state index contributed by atoms with van der Waals surface area (Å²) in [5, 5.41) is 5.87. The molecule has 0 radical (unpaired) electrons. The molecule has 0 spiro atoms. The van der Waals surface area contributed by atoms with Gasteiger partial charge in [-0.15, -0.1) is 11.3 Å². The molecule has 0 atom stereocenters. The number of hydrogen-bond acceptors (Lipinski definition) is 8. The minimum atomic E-state index is -0.432. The normalized spacial score (nSPS) is 10.7. The predicted molar refractivity (Wildman–Crippen MR) is 128 cm³/mol. The summed E-state index contributed by atoms with van der Waals surface area (Å²) in [6.45, 7) is 2.23. The first-order chi connectivity index (χ1) is 15.9. The molecule has 33 heavy (non-hydrogen) atoms. The molecule has 1 aromatic heterocycles. The molecule has 0 aliphatic rings. The zero-order valence-corrected chi connectivity index (χ0v) is 19.9. The van der Waals surface area contributed by atoms with Crippen molar-refractivity contribution in [2.24, 2.45) is 0 Å². The van der Waals surface area contributed by atoms with Gasteiger partial charge in [-0.25, -0.2) is 4.98 Å². The third kappa shape index (κ3) is 7.03. The van der Waals surface area contributed by atoms with E-state index in [2.05, 4.69) is 10.3 Å². The van der Waals surface area contributed by atoms with Crippen molar-refractivity contribution in [3.05, 3.63) is 58.4 Å². The number of carbonyl (C=O) groups is 2. The number of esters is 1. The van der Waals surface area contributed by atoms with Crippen molar-refractivity contribution in [3.8, 4) is 22.8 Å². The number of hydrogen-bond donors (Lipinski definition) is 1. The SMILES string of the molecule is COC(=O)CN(CC(=O)Nc1cccc(-c2csc(C)n2)c1)Cc1cc(OC)cc(OC)c1. The summed E-state index contributed by atoms with van der Waals surface area (Å²) in [6.07, 6.45) is 0. The fraction of sp³-hybridized carbons (Fsp3) is 0.292. The van der Waals surface area contributed by atoms with Crippen molar-refractivity contribution in [1.82, 2.24) is 9.88 Å².